The van der Waals surface area contributed by atoms with Crippen molar-refractivity contribution in [2.75, 3.05) is 20.2 Å². The highest BCUT2D eigenvalue weighted by atomic mass is 32.1. The molecule has 24 heavy (non-hydrogen) atoms. The van der Waals surface area contributed by atoms with E-state index in [1.165, 1.54) is 5.57 Å². The van der Waals surface area contributed by atoms with E-state index in [0.29, 0.717) is 5.92 Å². The molecule has 1 atom stereocenters. The fourth-order valence-electron chi connectivity index (χ4n) is 2.54. The molecule has 130 valence electrons. The van der Waals surface area contributed by atoms with Gasteiger partial charge in [-0.3, -0.25) is 9.98 Å². The van der Waals surface area contributed by atoms with Gasteiger partial charge in [-0.25, -0.2) is 4.98 Å². The summed E-state index contributed by atoms with van der Waals surface area (Å²) in [5.41, 5.74) is 3.14. The number of aromatic nitrogens is 2. The fraction of sp³-hybridized carbons (Fsp3) is 0.500. The molecule has 0 aliphatic heterocycles. The van der Waals surface area contributed by atoms with Crippen molar-refractivity contribution in [1.82, 2.24) is 15.3 Å². The molecule has 0 fully saturated rings. The molecule has 2 aromatic heterocycles. The minimum atomic E-state index is 0.233. The molecule has 6 heteroatoms. The summed E-state index contributed by atoms with van der Waals surface area (Å²) in [6.45, 7) is 7.28. The highest BCUT2D eigenvalue weighted by Crippen LogP contribution is 2.29. The van der Waals surface area contributed by atoms with Crippen LogP contribution in [0, 0.1) is 5.92 Å². The average Bonchev–Trinajstić information content (AvgIpc) is 3.00. The quantitative estimate of drug-likeness (QED) is 0.594. The predicted molar refractivity (Wildman–Crippen MR) is 103 cm³/mol. The Morgan fingerprint density at radius 2 is 2.21 bits per heavy atom. The van der Waals surface area contributed by atoms with Crippen molar-refractivity contribution in [1.29, 1.82) is 0 Å². The Morgan fingerprint density at radius 3 is 2.79 bits per heavy atom. The molecule has 0 aliphatic carbocycles. The number of thiazole rings is 1. The summed E-state index contributed by atoms with van der Waals surface area (Å²) in [4.78, 5) is 13.3. The molecular weight excluding hydrogens is 320 g/mol. The maximum absolute atomic E-state index is 9.32. The predicted octanol–water partition coefficient (Wildman–Crippen LogP) is 3.51. The zero-order valence-electron chi connectivity index (χ0n) is 14.8. The molecule has 0 bridgehead atoms. The SMILES string of the molecule is CCC(CO)CCNC(=NC)C(=C(C)C)c1nc2cnccc2s1. The standard InChI is InChI=1S/C18H26N4OS/c1-5-13(11-23)6-9-21-17(19-4)16(12(2)3)18-22-14-10-20-8-7-15(14)24-18/h7-8,10,13,23H,5-6,9,11H2,1-4H3,(H,19,21). The van der Waals surface area contributed by atoms with Crippen LogP contribution in [0.5, 0.6) is 0 Å². The Balaban J connectivity index is 2.21. The number of aliphatic hydroxyl groups excluding tert-OH is 1. The van der Waals surface area contributed by atoms with Crippen molar-refractivity contribution in [3.05, 3.63) is 29.0 Å². The fourth-order valence-corrected chi connectivity index (χ4v) is 3.62. The molecule has 0 aliphatic rings. The van der Waals surface area contributed by atoms with E-state index in [4.69, 9.17) is 4.98 Å². The third-order valence-corrected chi connectivity index (χ3v) is 5.10. The first-order valence-electron chi connectivity index (χ1n) is 8.30. The van der Waals surface area contributed by atoms with E-state index in [2.05, 4.69) is 36.1 Å². The molecule has 0 spiro atoms. The van der Waals surface area contributed by atoms with Crippen LogP contribution in [0.3, 0.4) is 0 Å². The second-order valence-electron chi connectivity index (χ2n) is 5.98. The van der Waals surface area contributed by atoms with Crippen LogP contribution in [0.2, 0.25) is 0 Å². The van der Waals surface area contributed by atoms with Crippen LogP contribution in [0.15, 0.2) is 29.0 Å². The number of nitrogens with zero attached hydrogens (tertiary/aromatic N) is 3. The van der Waals surface area contributed by atoms with E-state index in [0.717, 1.165) is 46.0 Å². The number of aliphatic hydroxyl groups is 1. The van der Waals surface area contributed by atoms with Crippen molar-refractivity contribution in [3.63, 3.8) is 0 Å². The first-order chi connectivity index (χ1) is 11.6. The maximum Gasteiger partial charge on any atom is 0.130 e. The third kappa shape index (κ3) is 4.39. The van der Waals surface area contributed by atoms with E-state index < -0.39 is 0 Å². The summed E-state index contributed by atoms with van der Waals surface area (Å²) in [6.07, 6.45) is 5.49. The smallest absolute Gasteiger partial charge is 0.130 e. The van der Waals surface area contributed by atoms with Gasteiger partial charge in [0.2, 0.25) is 0 Å². The van der Waals surface area contributed by atoms with Gasteiger partial charge in [0.05, 0.1) is 16.5 Å². The van der Waals surface area contributed by atoms with E-state index in [1.54, 1.807) is 30.8 Å². The van der Waals surface area contributed by atoms with Gasteiger partial charge in [-0.15, -0.1) is 11.3 Å². The van der Waals surface area contributed by atoms with Gasteiger partial charge in [-0.2, -0.15) is 0 Å². The molecular formula is C18H26N4OS. The molecule has 0 aromatic carbocycles. The van der Waals surface area contributed by atoms with Gasteiger partial charge in [-0.1, -0.05) is 18.9 Å². The maximum atomic E-state index is 9.32. The van der Waals surface area contributed by atoms with E-state index >= 15 is 0 Å². The summed E-state index contributed by atoms with van der Waals surface area (Å²) in [5.74, 6) is 1.19. The highest BCUT2D eigenvalue weighted by molar-refractivity contribution is 7.19. The van der Waals surface area contributed by atoms with Gasteiger partial charge in [0.15, 0.2) is 0 Å². The van der Waals surface area contributed by atoms with Crippen LogP contribution in [0.1, 0.15) is 38.6 Å². The Hall–Kier alpha value is -1.79. The lowest BCUT2D eigenvalue weighted by Crippen LogP contribution is -2.28. The number of hydrogen-bond donors (Lipinski definition) is 2. The molecule has 0 radical (unpaired) electrons. The van der Waals surface area contributed by atoms with E-state index in [-0.39, 0.29) is 6.61 Å². The molecule has 2 N–H and O–H groups in total. The number of amidine groups is 1. The lowest BCUT2D eigenvalue weighted by Gasteiger charge is -2.16. The van der Waals surface area contributed by atoms with Crippen LogP contribution < -0.4 is 5.32 Å². The van der Waals surface area contributed by atoms with Crippen LogP contribution in [0.4, 0.5) is 0 Å². The Kier molecular flexibility index (Phi) is 6.87. The number of pyridine rings is 1. The van der Waals surface area contributed by atoms with Crippen LogP contribution in [0.25, 0.3) is 15.8 Å². The highest BCUT2D eigenvalue weighted by Gasteiger charge is 2.16. The molecule has 2 heterocycles. The second-order valence-corrected chi connectivity index (χ2v) is 7.01. The number of rotatable bonds is 7. The number of hydrogen-bond acceptors (Lipinski definition) is 5. The van der Waals surface area contributed by atoms with Crippen LogP contribution >= 0.6 is 11.3 Å². The zero-order chi connectivity index (χ0) is 17.5. The molecule has 0 saturated heterocycles. The van der Waals surface area contributed by atoms with Crippen molar-refractivity contribution < 1.29 is 5.11 Å². The zero-order valence-corrected chi connectivity index (χ0v) is 15.7. The number of nitrogens with one attached hydrogen (secondary N) is 1. The minimum absolute atomic E-state index is 0.233. The summed E-state index contributed by atoms with van der Waals surface area (Å²) in [7, 11) is 1.80. The molecule has 2 rings (SSSR count). The third-order valence-electron chi connectivity index (χ3n) is 4.04. The number of allylic oxidation sites excluding steroid dienone is 1. The molecule has 0 amide bonds. The van der Waals surface area contributed by atoms with Crippen molar-refractivity contribution in [2.24, 2.45) is 10.9 Å². The van der Waals surface area contributed by atoms with Gasteiger partial charge in [0, 0.05) is 26.4 Å². The Morgan fingerprint density at radius 1 is 1.42 bits per heavy atom. The monoisotopic (exact) mass is 346 g/mol. The van der Waals surface area contributed by atoms with Gasteiger partial charge in [-0.05, 0) is 32.3 Å². The van der Waals surface area contributed by atoms with Gasteiger partial charge >= 0.3 is 0 Å². The Labute approximate surface area is 147 Å². The van der Waals surface area contributed by atoms with Gasteiger partial charge in [0.25, 0.3) is 0 Å². The normalized spacial score (nSPS) is 13.1. The average molecular weight is 346 g/mol. The van der Waals surface area contributed by atoms with Crippen LogP contribution in [-0.4, -0.2) is 41.1 Å². The summed E-state index contributed by atoms with van der Waals surface area (Å²) < 4.78 is 1.13. The summed E-state index contributed by atoms with van der Waals surface area (Å²) in [6, 6.07) is 1.99. The Bertz CT molecular complexity index is 694. The molecule has 0 saturated carbocycles. The van der Waals surface area contributed by atoms with Crippen molar-refractivity contribution in [3.8, 4) is 0 Å². The van der Waals surface area contributed by atoms with Gasteiger partial charge < -0.3 is 10.4 Å². The number of fused-ring (bicyclic) bond motifs is 1. The second kappa shape index (κ2) is 8.89. The lowest BCUT2D eigenvalue weighted by atomic mass is 10.0. The van der Waals surface area contributed by atoms with Crippen molar-refractivity contribution in [2.45, 2.75) is 33.6 Å². The largest absolute Gasteiger partial charge is 0.396 e. The number of aliphatic imine (C=N–C) groups is 1. The topological polar surface area (TPSA) is 70.4 Å². The van der Waals surface area contributed by atoms with E-state index in [1.807, 2.05) is 6.07 Å². The lowest BCUT2D eigenvalue weighted by molar-refractivity contribution is 0.215. The first-order valence-corrected chi connectivity index (χ1v) is 9.12. The molecule has 2 aromatic rings. The van der Waals surface area contributed by atoms with E-state index in [9.17, 15) is 5.11 Å². The molecule has 1 unspecified atom stereocenters. The van der Waals surface area contributed by atoms with Crippen LogP contribution in [-0.2, 0) is 0 Å². The van der Waals surface area contributed by atoms with Crippen molar-refractivity contribution >= 4 is 33.0 Å². The summed E-state index contributed by atoms with van der Waals surface area (Å²) in [5, 5.41) is 13.7. The van der Waals surface area contributed by atoms with Gasteiger partial charge in [0.1, 0.15) is 16.4 Å². The molecule has 5 nitrogen and oxygen atoms in total. The first kappa shape index (κ1) is 18.5. The minimum Gasteiger partial charge on any atom is -0.396 e. The summed E-state index contributed by atoms with van der Waals surface area (Å²) >= 11 is 1.66.